The van der Waals surface area contributed by atoms with E-state index in [1.54, 1.807) is 0 Å². The highest BCUT2D eigenvalue weighted by atomic mass is 35.5. The number of rotatable bonds is 3. The number of anilines is 1. The molecule has 6 heteroatoms. The van der Waals surface area contributed by atoms with E-state index in [0.29, 0.717) is 18.2 Å². The normalized spacial score (nSPS) is 21.3. The zero-order chi connectivity index (χ0) is 15.7. The summed E-state index contributed by atoms with van der Waals surface area (Å²) in [5, 5.41) is 1.59. The van der Waals surface area contributed by atoms with Crippen molar-refractivity contribution in [3.63, 3.8) is 0 Å². The first-order chi connectivity index (χ1) is 10.5. The number of carbonyl (C=O) groups is 1. The van der Waals surface area contributed by atoms with Crippen molar-refractivity contribution in [2.75, 3.05) is 24.6 Å². The van der Waals surface area contributed by atoms with E-state index in [9.17, 15) is 4.79 Å². The fraction of sp³-hybridized carbons (Fsp3) is 0.438. The number of esters is 1. The fourth-order valence-electron chi connectivity index (χ4n) is 2.88. The molecule has 0 N–H and O–H groups in total. The minimum Gasteiger partial charge on any atom is -0.466 e. The number of carbonyl (C=O) groups excluding carboxylic acids is 1. The van der Waals surface area contributed by atoms with E-state index in [0.717, 1.165) is 29.7 Å². The Morgan fingerprint density at radius 1 is 1.45 bits per heavy atom. The Labute approximate surface area is 134 Å². The quantitative estimate of drug-likeness (QED) is 0.814. The van der Waals surface area contributed by atoms with Gasteiger partial charge in [-0.25, -0.2) is 9.97 Å². The van der Waals surface area contributed by atoms with Crippen LogP contribution in [0.15, 0.2) is 24.5 Å². The van der Waals surface area contributed by atoms with E-state index in [1.165, 1.54) is 6.33 Å². The van der Waals surface area contributed by atoms with Crippen molar-refractivity contribution in [1.29, 1.82) is 0 Å². The minimum absolute atomic E-state index is 0.140. The van der Waals surface area contributed by atoms with Gasteiger partial charge in [-0.3, -0.25) is 4.79 Å². The highest BCUT2D eigenvalue weighted by Gasteiger charge is 2.42. The van der Waals surface area contributed by atoms with Gasteiger partial charge in [0, 0.05) is 23.5 Å². The zero-order valence-electron chi connectivity index (χ0n) is 12.7. The van der Waals surface area contributed by atoms with Gasteiger partial charge in [-0.05, 0) is 38.5 Å². The SMILES string of the molecule is CCOC(=O)C1(C)CCN(c2ncnc3cc(Cl)ccc23)C1. The lowest BCUT2D eigenvalue weighted by Crippen LogP contribution is -2.33. The summed E-state index contributed by atoms with van der Waals surface area (Å²) in [6.45, 7) is 5.55. The summed E-state index contributed by atoms with van der Waals surface area (Å²) in [6, 6.07) is 5.58. The molecule has 1 unspecified atom stereocenters. The predicted octanol–water partition coefficient (Wildman–Crippen LogP) is 3.06. The first-order valence-electron chi connectivity index (χ1n) is 7.36. The van der Waals surface area contributed by atoms with Crippen molar-refractivity contribution in [2.24, 2.45) is 5.41 Å². The second-order valence-electron chi connectivity index (χ2n) is 5.81. The molecule has 116 valence electrons. The van der Waals surface area contributed by atoms with E-state index in [4.69, 9.17) is 16.3 Å². The average Bonchev–Trinajstić information content (AvgIpc) is 2.90. The van der Waals surface area contributed by atoms with Gasteiger partial charge in [0.2, 0.25) is 0 Å². The van der Waals surface area contributed by atoms with Gasteiger partial charge in [0.25, 0.3) is 0 Å². The molecule has 0 bridgehead atoms. The first kappa shape index (κ1) is 15.0. The molecule has 2 heterocycles. The monoisotopic (exact) mass is 319 g/mol. The number of ether oxygens (including phenoxy) is 1. The largest absolute Gasteiger partial charge is 0.466 e. The van der Waals surface area contributed by atoms with Crippen molar-refractivity contribution in [3.8, 4) is 0 Å². The Morgan fingerprint density at radius 2 is 2.27 bits per heavy atom. The number of aromatic nitrogens is 2. The Balaban J connectivity index is 1.92. The molecule has 0 aliphatic carbocycles. The third kappa shape index (κ3) is 2.61. The highest BCUT2D eigenvalue weighted by molar-refractivity contribution is 6.31. The molecule has 1 atom stereocenters. The third-order valence-corrected chi connectivity index (χ3v) is 4.35. The maximum absolute atomic E-state index is 12.2. The van der Waals surface area contributed by atoms with Crippen LogP contribution in [-0.4, -0.2) is 35.6 Å². The molecule has 0 saturated carbocycles. The van der Waals surface area contributed by atoms with E-state index in [-0.39, 0.29) is 5.97 Å². The van der Waals surface area contributed by atoms with E-state index < -0.39 is 5.41 Å². The Hall–Kier alpha value is -1.88. The summed E-state index contributed by atoms with van der Waals surface area (Å²) < 4.78 is 5.20. The lowest BCUT2D eigenvalue weighted by Gasteiger charge is -2.23. The molecule has 0 radical (unpaired) electrons. The van der Waals surface area contributed by atoms with Crippen molar-refractivity contribution >= 4 is 34.3 Å². The molecule has 2 aromatic rings. The molecule has 1 aliphatic heterocycles. The van der Waals surface area contributed by atoms with Gasteiger partial charge in [0.1, 0.15) is 12.1 Å². The standard InChI is InChI=1S/C16H18ClN3O2/c1-3-22-15(21)16(2)6-7-20(9-16)14-12-5-4-11(17)8-13(12)18-10-19-14/h4-5,8,10H,3,6-7,9H2,1-2H3. The molecule has 1 aromatic heterocycles. The van der Waals surface area contributed by atoms with Gasteiger partial charge in [-0.15, -0.1) is 0 Å². The zero-order valence-corrected chi connectivity index (χ0v) is 13.4. The van der Waals surface area contributed by atoms with Crippen molar-refractivity contribution in [3.05, 3.63) is 29.5 Å². The summed E-state index contributed by atoms with van der Waals surface area (Å²) in [7, 11) is 0. The molecule has 1 aliphatic rings. The topological polar surface area (TPSA) is 55.3 Å². The van der Waals surface area contributed by atoms with Crippen molar-refractivity contribution < 1.29 is 9.53 Å². The minimum atomic E-state index is -0.486. The molecule has 1 aromatic carbocycles. The molecule has 0 amide bonds. The van der Waals surface area contributed by atoms with Gasteiger partial charge in [0.05, 0.1) is 17.5 Å². The van der Waals surface area contributed by atoms with Gasteiger partial charge >= 0.3 is 5.97 Å². The molecule has 0 spiro atoms. The lowest BCUT2D eigenvalue weighted by atomic mass is 9.90. The van der Waals surface area contributed by atoms with Crippen LogP contribution in [0.4, 0.5) is 5.82 Å². The molecule has 5 nitrogen and oxygen atoms in total. The maximum Gasteiger partial charge on any atom is 0.313 e. The predicted molar refractivity (Wildman–Crippen MR) is 86.1 cm³/mol. The number of hydrogen-bond acceptors (Lipinski definition) is 5. The van der Waals surface area contributed by atoms with Crippen LogP contribution < -0.4 is 4.90 Å². The molecular formula is C16H18ClN3O2. The van der Waals surface area contributed by atoms with Crippen LogP contribution in [0.2, 0.25) is 5.02 Å². The second-order valence-corrected chi connectivity index (χ2v) is 6.25. The summed E-state index contributed by atoms with van der Waals surface area (Å²) in [5.41, 5.74) is 0.321. The van der Waals surface area contributed by atoms with E-state index in [2.05, 4.69) is 14.9 Å². The van der Waals surface area contributed by atoms with E-state index >= 15 is 0 Å². The Morgan fingerprint density at radius 3 is 3.05 bits per heavy atom. The van der Waals surface area contributed by atoms with Gasteiger partial charge < -0.3 is 9.64 Å². The smallest absolute Gasteiger partial charge is 0.313 e. The summed E-state index contributed by atoms with van der Waals surface area (Å²) in [5.74, 6) is 0.702. The highest BCUT2D eigenvalue weighted by Crippen LogP contribution is 2.36. The number of fused-ring (bicyclic) bond motifs is 1. The molecule has 1 saturated heterocycles. The summed E-state index contributed by atoms with van der Waals surface area (Å²) in [6.07, 6.45) is 2.29. The van der Waals surface area contributed by atoms with Crippen LogP contribution in [0.3, 0.4) is 0 Å². The van der Waals surface area contributed by atoms with Gasteiger partial charge in [-0.2, -0.15) is 0 Å². The molecule has 22 heavy (non-hydrogen) atoms. The van der Waals surface area contributed by atoms with Gasteiger partial charge in [-0.1, -0.05) is 11.6 Å². The second kappa shape index (κ2) is 5.72. The first-order valence-corrected chi connectivity index (χ1v) is 7.74. The molecular weight excluding hydrogens is 302 g/mol. The number of halogens is 1. The number of hydrogen-bond donors (Lipinski definition) is 0. The number of benzene rings is 1. The Kier molecular flexibility index (Phi) is 3.91. The van der Waals surface area contributed by atoms with Crippen LogP contribution in [0.25, 0.3) is 10.9 Å². The Bertz CT molecular complexity index is 722. The van der Waals surface area contributed by atoms with Crippen molar-refractivity contribution in [1.82, 2.24) is 9.97 Å². The fourth-order valence-corrected chi connectivity index (χ4v) is 3.05. The molecule has 1 fully saturated rings. The number of nitrogens with zero attached hydrogens (tertiary/aromatic N) is 3. The average molecular weight is 320 g/mol. The summed E-state index contributed by atoms with van der Waals surface area (Å²) >= 11 is 6.02. The molecule has 3 rings (SSSR count). The van der Waals surface area contributed by atoms with E-state index in [1.807, 2.05) is 32.0 Å². The summed E-state index contributed by atoms with van der Waals surface area (Å²) in [4.78, 5) is 22.9. The van der Waals surface area contributed by atoms with Crippen molar-refractivity contribution in [2.45, 2.75) is 20.3 Å². The maximum atomic E-state index is 12.2. The third-order valence-electron chi connectivity index (χ3n) is 4.12. The van der Waals surface area contributed by atoms with Crippen LogP contribution >= 0.6 is 11.6 Å². The van der Waals surface area contributed by atoms with Crippen LogP contribution in [0.5, 0.6) is 0 Å². The van der Waals surface area contributed by atoms with Crippen LogP contribution in [0, 0.1) is 5.41 Å². The lowest BCUT2D eigenvalue weighted by molar-refractivity contribution is -0.153. The van der Waals surface area contributed by atoms with Crippen LogP contribution in [-0.2, 0) is 9.53 Å². The van der Waals surface area contributed by atoms with Crippen LogP contribution in [0.1, 0.15) is 20.3 Å². The van der Waals surface area contributed by atoms with Gasteiger partial charge in [0.15, 0.2) is 0 Å².